The third kappa shape index (κ3) is 5.77. The van der Waals surface area contributed by atoms with Gasteiger partial charge in [0, 0.05) is 87.9 Å². The van der Waals surface area contributed by atoms with Crippen LogP contribution in [0.1, 0.15) is 63.4 Å². The van der Waals surface area contributed by atoms with Gasteiger partial charge in [-0.15, -0.1) is 10.2 Å². The van der Waals surface area contributed by atoms with E-state index in [1.807, 2.05) is 6.92 Å². The fraction of sp³-hybridized carbons (Fsp3) is 0.606. The Hall–Kier alpha value is -2.99. The second-order valence-corrected chi connectivity index (χ2v) is 14.1. The lowest BCUT2D eigenvalue weighted by Gasteiger charge is -2.58. The van der Waals surface area contributed by atoms with E-state index >= 15 is 0 Å². The van der Waals surface area contributed by atoms with Crippen LogP contribution in [0.5, 0.6) is 11.6 Å². The van der Waals surface area contributed by atoms with Crippen LogP contribution >= 0.6 is 11.6 Å². The summed E-state index contributed by atoms with van der Waals surface area (Å²) in [6.07, 6.45) is 6.75. The van der Waals surface area contributed by atoms with Gasteiger partial charge in [-0.3, -0.25) is 4.90 Å². The molecule has 4 heterocycles. The van der Waals surface area contributed by atoms with Crippen molar-refractivity contribution in [1.29, 1.82) is 0 Å². The van der Waals surface area contributed by atoms with Gasteiger partial charge >= 0.3 is 0 Å². The van der Waals surface area contributed by atoms with Crippen LogP contribution in [0, 0.1) is 30.0 Å². The number of hydrogen-bond donors (Lipinski definition) is 0. The number of hydrogen-bond acceptors (Lipinski definition) is 10. The number of benzene rings is 1. The van der Waals surface area contributed by atoms with Crippen LogP contribution in [0.3, 0.4) is 0 Å². The van der Waals surface area contributed by atoms with Crippen molar-refractivity contribution in [1.82, 2.24) is 30.0 Å². The van der Waals surface area contributed by atoms with E-state index in [9.17, 15) is 4.39 Å². The molecule has 2 aliphatic heterocycles. The van der Waals surface area contributed by atoms with Gasteiger partial charge in [-0.25, -0.2) is 14.4 Å². The molecular weight excluding hydrogens is 597 g/mol. The molecule has 7 rings (SSSR count). The van der Waals surface area contributed by atoms with Gasteiger partial charge in [0.25, 0.3) is 5.88 Å². The predicted molar refractivity (Wildman–Crippen MR) is 168 cm³/mol. The molecule has 0 amide bonds. The standard InChI is InChI=1S/C33H41ClFN7O3/c1-19(2)28(22-13-33(14-22,43-4)44-5)42-17-32(18-42)10-11-41(16-32)29-30(39-40-31(34)38-29)45-26-9-8-23(35)12-24(26)25-15-36-20(3)37-27(25)21-6-7-21/h8-9,12,15,19,21-22,28H,6-7,10-11,13-14,16-18H2,1-5H3/t28-/m0/s1. The lowest BCUT2D eigenvalue weighted by atomic mass is 9.67. The summed E-state index contributed by atoms with van der Waals surface area (Å²) >= 11 is 6.28. The zero-order valence-electron chi connectivity index (χ0n) is 26.6. The molecule has 4 fully saturated rings. The fourth-order valence-corrected chi connectivity index (χ4v) is 8.01. The number of nitrogens with zero attached hydrogens (tertiary/aromatic N) is 7. The van der Waals surface area contributed by atoms with Gasteiger partial charge in [0.05, 0.1) is 5.69 Å². The van der Waals surface area contributed by atoms with E-state index in [2.05, 4.69) is 43.8 Å². The second kappa shape index (κ2) is 11.7. The molecule has 4 aliphatic rings. The molecule has 0 radical (unpaired) electrons. The lowest BCUT2D eigenvalue weighted by Crippen LogP contribution is -2.66. The van der Waals surface area contributed by atoms with Crippen molar-refractivity contribution < 1.29 is 18.6 Å². The van der Waals surface area contributed by atoms with Gasteiger partial charge in [0.1, 0.15) is 17.4 Å². The van der Waals surface area contributed by atoms with Crippen LogP contribution in [-0.2, 0) is 9.47 Å². The molecule has 1 spiro atoms. The molecular formula is C33H41ClFN7O3. The van der Waals surface area contributed by atoms with E-state index in [0.717, 1.165) is 69.5 Å². The SMILES string of the molecule is COC1(OC)CC([C@H](C(C)C)N2CC3(CCN(c4nc(Cl)nnc4Oc4ccc(F)cc4-c4cnc(C)nc4C4CC4)C3)C2)C1. The number of methoxy groups -OCH3 is 2. The second-order valence-electron chi connectivity index (χ2n) is 13.7. The van der Waals surface area contributed by atoms with E-state index in [1.165, 1.54) is 12.1 Å². The molecule has 2 aliphatic carbocycles. The van der Waals surface area contributed by atoms with Crippen molar-refractivity contribution >= 4 is 17.4 Å². The molecule has 0 bridgehead atoms. The summed E-state index contributed by atoms with van der Waals surface area (Å²) in [5, 5.41) is 8.38. The average molecular weight is 638 g/mol. The predicted octanol–water partition coefficient (Wildman–Crippen LogP) is 6.04. The highest BCUT2D eigenvalue weighted by Crippen LogP contribution is 2.51. The van der Waals surface area contributed by atoms with Gasteiger partial charge < -0.3 is 19.1 Å². The van der Waals surface area contributed by atoms with Gasteiger partial charge in [-0.05, 0) is 67.8 Å². The largest absolute Gasteiger partial charge is 0.434 e. The minimum Gasteiger partial charge on any atom is -0.434 e. The highest BCUT2D eigenvalue weighted by atomic mass is 35.5. The molecule has 12 heteroatoms. The Kier molecular flexibility index (Phi) is 7.95. The fourth-order valence-electron chi connectivity index (χ4n) is 7.89. The zero-order valence-corrected chi connectivity index (χ0v) is 27.3. The molecule has 240 valence electrons. The summed E-state index contributed by atoms with van der Waals surface area (Å²) in [6, 6.07) is 4.95. The monoisotopic (exact) mass is 637 g/mol. The Balaban J connectivity index is 1.10. The summed E-state index contributed by atoms with van der Waals surface area (Å²) < 4.78 is 32.4. The number of halogens is 2. The summed E-state index contributed by atoms with van der Waals surface area (Å²) in [7, 11) is 3.47. The Labute approximate surface area is 268 Å². The van der Waals surface area contributed by atoms with E-state index < -0.39 is 5.79 Å². The highest BCUT2D eigenvalue weighted by Gasteiger charge is 2.56. The number of anilines is 1. The van der Waals surface area contributed by atoms with E-state index in [1.54, 1.807) is 26.5 Å². The van der Waals surface area contributed by atoms with Gasteiger partial charge in [0.2, 0.25) is 5.28 Å². The van der Waals surface area contributed by atoms with Crippen molar-refractivity contribution in [3.63, 3.8) is 0 Å². The Morgan fingerprint density at radius 2 is 1.78 bits per heavy atom. The average Bonchev–Trinajstić information content (AvgIpc) is 3.74. The van der Waals surface area contributed by atoms with Crippen molar-refractivity contribution in [2.45, 2.75) is 70.6 Å². The molecule has 0 unspecified atom stereocenters. The van der Waals surface area contributed by atoms with Crippen molar-refractivity contribution in [2.24, 2.45) is 17.3 Å². The van der Waals surface area contributed by atoms with Crippen LogP contribution in [-0.4, -0.2) is 82.3 Å². The Bertz CT molecular complexity index is 1570. The third-order valence-corrected chi connectivity index (χ3v) is 10.4. The molecule has 10 nitrogen and oxygen atoms in total. The van der Waals surface area contributed by atoms with Crippen LogP contribution in [0.4, 0.5) is 10.2 Å². The topological polar surface area (TPSA) is 98.6 Å². The molecule has 2 aromatic heterocycles. The van der Waals surface area contributed by atoms with Gasteiger partial charge in [0.15, 0.2) is 11.6 Å². The maximum absolute atomic E-state index is 14.6. The molecule has 0 N–H and O–H groups in total. The minimum atomic E-state index is -0.434. The Morgan fingerprint density at radius 1 is 1.02 bits per heavy atom. The molecule has 1 atom stereocenters. The van der Waals surface area contributed by atoms with Crippen molar-refractivity contribution in [3.8, 4) is 22.8 Å². The summed E-state index contributed by atoms with van der Waals surface area (Å²) in [5.74, 6) is 2.55. The first-order chi connectivity index (χ1) is 21.6. The molecule has 1 aromatic carbocycles. The number of aromatic nitrogens is 5. The van der Waals surface area contributed by atoms with Crippen LogP contribution in [0.2, 0.25) is 5.28 Å². The van der Waals surface area contributed by atoms with Crippen LogP contribution < -0.4 is 9.64 Å². The van der Waals surface area contributed by atoms with E-state index in [0.29, 0.717) is 46.8 Å². The number of ether oxygens (including phenoxy) is 3. The first kappa shape index (κ1) is 30.7. The zero-order chi connectivity index (χ0) is 31.5. The molecule has 2 saturated carbocycles. The third-order valence-electron chi connectivity index (χ3n) is 10.2. The number of likely N-dealkylation sites (tertiary alicyclic amines) is 1. The highest BCUT2D eigenvalue weighted by molar-refractivity contribution is 6.28. The number of aryl methyl sites for hydroxylation is 1. The molecule has 45 heavy (non-hydrogen) atoms. The minimum absolute atomic E-state index is 0.0560. The van der Waals surface area contributed by atoms with E-state index in [4.69, 9.17) is 30.8 Å². The van der Waals surface area contributed by atoms with Crippen molar-refractivity contribution in [2.75, 3.05) is 45.3 Å². The summed E-state index contributed by atoms with van der Waals surface area (Å²) in [4.78, 5) is 18.6. The lowest BCUT2D eigenvalue weighted by molar-refractivity contribution is -0.282. The van der Waals surface area contributed by atoms with Gasteiger partial charge in [-0.1, -0.05) is 13.8 Å². The maximum Gasteiger partial charge on any atom is 0.282 e. The van der Waals surface area contributed by atoms with Crippen LogP contribution in [0.15, 0.2) is 24.4 Å². The normalized spacial score (nSPS) is 21.6. The summed E-state index contributed by atoms with van der Waals surface area (Å²) in [5.41, 5.74) is 2.42. The first-order valence-electron chi connectivity index (χ1n) is 15.9. The van der Waals surface area contributed by atoms with Crippen molar-refractivity contribution in [3.05, 3.63) is 47.0 Å². The van der Waals surface area contributed by atoms with Gasteiger partial charge in [-0.2, -0.15) is 4.98 Å². The summed E-state index contributed by atoms with van der Waals surface area (Å²) in [6.45, 7) is 10.2. The quantitative estimate of drug-likeness (QED) is 0.245. The number of rotatable bonds is 10. The molecule has 3 aromatic rings. The maximum atomic E-state index is 14.6. The molecule has 2 saturated heterocycles. The van der Waals surface area contributed by atoms with Crippen LogP contribution in [0.25, 0.3) is 11.1 Å². The van der Waals surface area contributed by atoms with E-state index in [-0.39, 0.29) is 22.4 Å². The first-order valence-corrected chi connectivity index (χ1v) is 16.3. The Morgan fingerprint density at radius 3 is 2.47 bits per heavy atom. The smallest absolute Gasteiger partial charge is 0.282 e.